The Morgan fingerprint density at radius 3 is 2.39 bits per heavy atom. The van der Waals surface area contributed by atoms with E-state index < -0.39 is 0 Å². The summed E-state index contributed by atoms with van der Waals surface area (Å²) in [7, 11) is 0. The summed E-state index contributed by atoms with van der Waals surface area (Å²) in [6.45, 7) is 0.444. The summed E-state index contributed by atoms with van der Waals surface area (Å²) in [4.78, 5) is 28.4. The summed E-state index contributed by atoms with van der Waals surface area (Å²) >= 11 is 0. The van der Waals surface area contributed by atoms with Crippen molar-refractivity contribution in [2.45, 2.75) is 25.8 Å². The van der Waals surface area contributed by atoms with Gasteiger partial charge in [0.1, 0.15) is 0 Å². The molecular weight excluding hydrogens is 350 g/mol. The van der Waals surface area contributed by atoms with Gasteiger partial charge < -0.3 is 11.1 Å². The van der Waals surface area contributed by atoms with Gasteiger partial charge in [-0.3, -0.25) is 14.6 Å². The number of ketones is 1. The van der Waals surface area contributed by atoms with Crippen molar-refractivity contribution in [3.05, 3.63) is 95.3 Å². The number of hydrogen-bond acceptors (Lipinski definition) is 4. The molecule has 3 N–H and O–H groups in total. The molecule has 28 heavy (non-hydrogen) atoms. The molecular formula is C23H23N3O2. The zero-order valence-corrected chi connectivity index (χ0v) is 15.6. The molecule has 0 aliphatic rings. The van der Waals surface area contributed by atoms with Gasteiger partial charge in [0.05, 0.1) is 11.9 Å². The number of amides is 1. The second-order valence-electron chi connectivity index (χ2n) is 6.63. The van der Waals surface area contributed by atoms with Gasteiger partial charge in [0.15, 0.2) is 5.78 Å². The monoisotopic (exact) mass is 373 g/mol. The molecule has 0 radical (unpaired) electrons. The van der Waals surface area contributed by atoms with Crippen LogP contribution >= 0.6 is 0 Å². The fourth-order valence-electron chi connectivity index (χ4n) is 2.87. The second-order valence-corrected chi connectivity index (χ2v) is 6.63. The Morgan fingerprint density at radius 1 is 0.929 bits per heavy atom. The van der Waals surface area contributed by atoms with E-state index in [1.54, 1.807) is 30.6 Å². The van der Waals surface area contributed by atoms with E-state index in [-0.39, 0.29) is 18.1 Å². The van der Waals surface area contributed by atoms with Crippen molar-refractivity contribution in [2.24, 2.45) is 0 Å². The second kappa shape index (κ2) is 9.46. The number of hydrogen-bond donors (Lipinski definition) is 2. The molecule has 142 valence electrons. The van der Waals surface area contributed by atoms with Crippen molar-refractivity contribution in [2.75, 3.05) is 5.73 Å². The van der Waals surface area contributed by atoms with E-state index in [2.05, 4.69) is 10.3 Å². The topological polar surface area (TPSA) is 85.1 Å². The summed E-state index contributed by atoms with van der Waals surface area (Å²) in [5.41, 5.74) is 9.86. The summed E-state index contributed by atoms with van der Waals surface area (Å²) in [5, 5.41) is 2.92. The average Bonchev–Trinajstić information content (AvgIpc) is 2.73. The van der Waals surface area contributed by atoms with E-state index in [1.807, 2.05) is 42.5 Å². The van der Waals surface area contributed by atoms with E-state index in [0.29, 0.717) is 24.2 Å². The zero-order chi connectivity index (χ0) is 19.8. The molecule has 0 unspecified atom stereocenters. The Morgan fingerprint density at radius 2 is 1.68 bits per heavy atom. The zero-order valence-electron chi connectivity index (χ0n) is 15.6. The number of pyridine rings is 1. The Kier molecular flexibility index (Phi) is 6.52. The highest BCUT2D eigenvalue weighted by Gasteiger charge is 2.09. The van der Waals surface area contributed by atoms with Crippen LogP contribution in [0.4, 0.5) is 5.69 Å². The van der Waals surface area contributed by atoms with Crippen LogP contribution < -0.4 is 11.1 Å². The van der Waals surface area contributed by atoms with E-state index in [4.69, 9.17) is 5.73 Å². The van der Waals surface area contributed by atoms with E-state index in [9.17, 15) is 9.59 Å². The highest BCUT2D eigenvalue weighted by atomic mass is 16.1. The Bertz CT molecular complexity index is 938. The van der Waals surface area contributed by atoms with Crippen molar-refractivity contribution < 1.29 is 9.59 Å². The largest absolute Gasteiger partial charge is 0.397 e. The average molecular weight is 373 g/mol. The molecule has 0 spiro atoms. The first-order chi connectivity index (χ1) is 13.6. The smallest absolute Gasteiger partial charge is 0.220 e. The molecule has 0 aliphatic carbocycles. The van der Waals surface area contributed by atoms with Crippen molar-refractivity contribution in [3.8, 4) is 0 Å². The van der Waals surface area contributed by atoms with Crippen LogP contribution in [0.5, 0.6) is 0 Å². The number of nitrogens with one attached hydrogen (secondary N) is 1. The molecule has 0 aliphatic heterocycles. The molecule has 0 saturated heterocycles. The van der Waals surface area contributed by atoms with Crippen LogP contribution in [0.1, 0.15) is 33.5 Å². The molecule has 1 heterocycles. The Labute approximate surface area is 164 Å². The number of aromatic nitrogens is 1. The number of benzene rings is 2. The summed E-state index contributed by atoms with van der Waals surface area (Å²) in [6.07, 6.45) is 4.59. The maximum Gasteiger partial charge on any atom is 0.220 e. The predicted octanol–water partition coefficient (Wildman–Crippen LogP) is 3.34. The fourth-order valence-corrected chi connectivity index (χ4v) is 2.87. The molecule has 5 heteroatoms. The minimum absolute atomic E-state index is 0.00338. The van der Waals surface area contributed by atoms with Crippen LogP contribution in [0.2, 0.25) is 0 Å². The summed E-state index contributed by atoms with van der Waals surface area (Å²) < 4.78 is 0. The minimum atomic E-state index is -0.00338. The first-order valence-corrected chi connectivity index (χ1v) is 9.23. The first kappa shape index (κ1) is 19.3. The van der Waals surface area contributed by atoms with Crippen LogP contribution in [0.25, 0.3) is 0 Å². The number of nitrogens with zero attached hydrogens (tertiary/aromatic N) is 1. The number of carbonyl (C=O) groups excluding carboxylic acids is 2. The third kappa shape index (κ3) is 5.51. The van der Waals surface area contributed by atoms with Crippen LogP contribution in [0.15, 0.2) is 73.1 Å². The fraction of sp³-hybridized carbons (Fsp3) is 0.174. The SMILES string of the molecule is Nc1cnccc1CC(=O)c1ccc(CNC(=O)CCc2ccccc2)cc1. The molecule has 1 aromatic heterocycles. The molecule has 0 bridgehead atoms. The van der Waals surface area contributed by atoms with Gasteiger partial charge in [0.25, 0.3) is 0 Å². The molecule has 2 aromatic carbocycles. The molecule has 0 fully saturated rings. The highest BCUT2D eigenvalue weighted by Crippen LogP contribution is 2.14. The lowest BCUT2D eigenvalue weighted by atomic mass is 10.0. The Balaban J connectivity index is 1.48. The van der Waals surface area contributed by atoms with Gasteiger partial charge in [0, 0.05) is 31.1 Å². The van der Waals surface area contributed by atoms with E-state index in [0.717, 1.165) is 23.1 Å². The van der Waals surface area contributed by atoms with Gasteiger partial charge in [-0.15, -0.1) is 0 Å². The van der Waals surface area contributed by atoms with Gasteiger partial charge in [-0.1, -0.05) is 54.6 Å². The summed E-state index contributed by atoms with van der Waals surface area (Å²) in [5.74, 6) is 0.00788. The van der Waals surface area contributed by atoms with Gasteiger partial charge >= 0.3 is 0 Å². The molecule has 0 saturated carbocycles. The quantitative estimate of drug-likeness (QED) is 0.593. The van der Waals surface area contributed by atoms with Gasteiger partial charge in [-0.25, -0.2) is 0 Å². The highest BCUT2D eigenvalue weighted by molar-refractivity contribution is 5.98. The van der Waals surface area contributed by atoms with Crippen molar-refractivity contribution >= 4 is 17.4 Å². The van der Waals surface area contributed by atoms with Gasteiger partial charge in [-0.05, 0) is 29.2 Å². The number of nitrogen functional groups attached to an aromatic ring is 1. The number of rotatable bonds is 8. The lowest BCUT2D eigenvalue weighted by molar-refractivity contribution is -0.121. The maximum absolute atomic E-state index is 12.4. The molecule has 0 atom stereocenters. The molecule has 3 aromatic rings. The lowest BCUT2D eigenvalue weighted by Crippen LogP contribution is -2.23. The normalized spacial score (nSPS) is 10.4. The van der Waals surface area contributed by atoms with Gasteiger partial charge in [-0.2, -0.15) is 0 Å². The Hall–Kier alpha value is -3.47. The third-order valence-corrected chi connectivity index (χ3v) is 4.55. The molecule has 3 rings (SSSR count). The molecule has 1 amide bonds. The lowest BCUT2D eigenvalue weighted by Gasteiger charge is -2.07. The van der Waals surface area contributed by atoms with Crippen molar-refractivity contribution in [1.29, 1.82) is 0 Å². The van der Waals surface area contributed by atoms with Crippen LogP contribution in [0.3, 0.4) is 0 Å². The van der Waals surface area contributed by atoms with Crippen molar-refractivity contribution in [3.63, 3.8) is 0 Å². The number of nitrogens with two attached hydrogens (primary N) is 1. The first-order valence-electron chi connectivity index (χ1n) is 9.23. The van der Waals surface area contributed by atoms with E-state index in [1.165, 1.54) is 0 Å². The van der Waals surface area contributed by atoms with Crippen LogP contribution in [-0.2, 0) is 24.2 Å². The number of aryl methyl sites for hydroxylation is 1. The minimum Gasteiger partial charge on any atom is -0.397 e. The standard InChI is InChI=1S/C23H23N3O2/c24-21-16-25-13-12-20(21)14-22(27)19-9-6-18(7-10-19)15-26-23(28)11-8-17-4-2-1-3-5-17/h1-7,9-10,12-13,16H,8,11,14-15,24H2,(H,26,28). The number of Topliss-reactive ketones (excluding diaryl/α,β-unsaturated/α-hetero) is 1. The number of anilines is 1. The van der Waals surface area contributed by atoms with E-state index >= 15 is 0 Å². The van der Waals surface area contributed by atoms with Crippen LogP contribution in [0, 0.1) is 0 Å². The summed E-state index contributed by atoms with van der Waals surface area (Å²) in [6, 6.07) is 19.0. The van der Waals surface area contributed by atoms with Crippen LogP contribution in [-0.4, -0.2) is 16.7 Å². The maximum atomic E-state index is 12.4. The number of carbonyl (C=O) groups is 2. The third-order valence-electron chi connectivity index (χ3n) is 4.55. The van der Waals surface area contributed by atoms with Gasteiger partial charge in [0.2, 0.25) is 5.91 Å². The predicted molar refractivity (Wildman–Crippen MR) is 110 cm³/mol. The van der Waals surface area contributed by atoms with Crippen molar-refractivity contribution in [1.82, 2.24) is 10.3 Å². The molecule has 5 nitrogen and oxygen atoms in total.